The zero-order chi connectivity index (χ0) is 33.9. The highest BCUT2D eigenvalue weighted by Gasteiger charge is 2.17. The van der Waals surface area contributed by atoms with E-state index < -0.39 is 0 Å². The van der Waals surface area contributed by atoms with Gasteiger partial charge in [0.05, 0.1) is 0 Å². The molecule has 12 aromatic rings. The van der Waals surface area contributed by atoms with Gasteiger partial charge in [0, 0.05) is 36.3 Å². The van der Waals surface area contributed by atoms with Crippen molar-refractivity contribution >= 4 is 107 Å². The quantitative estimate of drug-likeness (QED) is 0.166. The van der Waals surface area contributed by atoms with Crippen molar-refractivity contribution in [2.45, 2.75) is 0 Å². The van der Waals surface area contributed by atoms with Gasteiger partial charge in [-0.15, -0.1) is 11.3 Å². The lowest BCUT2D eigenvalue weighted by molar-refractivity contribution is 0.669. The second kappa shape index (κ2) is 10.5. The number of hydrogen-bond acceptors (Lipinski definition) is 2. The molecule has 0 bridgehead atoms. The van der Waals surface area contributed by atoms with Crippen molar-refractivity contribution < 1.29 is 4.42 Å². The Labute approximate surface area is 302 Å². The molecule has 0 aliphatic rings. The molecule has 0 amide bonds. The van der Waals surface area contributed by atoms with Crippen LogP contribution in [0.1, 0.15) is 0 Å². The van der Waals surface area contributed by atoms with Crippen molar-refractivity contribution in [1.29, 1.82) is 0 Å². The minimum Gasteiger partial charge on any atom is -0.456 e. The Kier molecular flexibility index (Phi) is 5.71. The van der Waals surface area contributed by atoms with Crippen molar-refractivity contribution in [3.8, 4) is 22.3 Å². The molecule has 0 aliphatic heterocycles. The van der Waals surface area contributed by atoms with Gasteiger partial charge in [-0.25, -0.2) is 0 Å². The van der Waals surface area contributed by atoms with Gasteiger partial charge in [-0.05, 0) is 119 Å². The number of para-hydroxylation sites is 1. The maximum Gasteiger partial charge on any atom is 0.136 e. The predicted octanol–water partition coefficient (Wildman–Crippen LogP) is 15.1. The summed E-state index contributed by atoms with van der Waals surface area (Å²) in [6, 6.07) is 62.6. The van der Waals surface area contributed by atoms with Crippen LogP contribution in [0.2, 0.25) is 0 Å². The highest BCUT2D eigenvalue weighted by atomic mass is 32.1. The zero-order valence-corrected chi connectivity index (χ0v) is 28.8. The number of fused-ring (bicyclic) bond motifs is 16. The summed E-state index contributed by atoms with van der Waals surface area (Å²) in [6.45, 7) is 0. The maximum absolute atomic E-state index is 6.33. The molecule has 2 heteroatoms. The molecule has 0 atom stereocenters. The topological polar surface area (TPSA) is 13.1 Å². The monoisotopic (exact) mass is 676 g/mol. The standard InChI is InChI=1S/C50H28OS/c1-2-9-33-29(8-1)16-20-37-34(13-7-14-35(33)37)32-19-25-48-44(28-32)43-27-31(18-24-47(43)52-48)30-17-21-38-40-22-23-46-50(41-12-5-6-15-45(41)51-46)49(40)39-11-4-3-10-36(39)42(38)26-30/h1-28H. The van der Waals surface area contributed by atoms with Gasteiger partial charge < -0.3 is 4.42 Å². The third-order valence-corrected chi connectivity index (χ3v) is 12.4. The molecule has 12 rings (SSSR count). The van der Waals surface area contributed by atoms with Crippen LogP contribution in [0.25, 0.3) is 118 Å². The van der Waals surface area contributed by atoms with E-state index in [1.54, 1.807) is 0 Å². The first-order valence-corrected chi connectivity index (χ1v) is 18.6. The molecule has 0 fully saturated rings. The van der Waals surface area contributed by atoms with Crippen molar-refractivity contribution in [2.75, 3.05) is 0 Å². The van der Waals surface area contributed by atoms with Crippen LogP contribution in [-0.4, -0.2) is 0 Å². The van der Waals surface area contributed by atoms with E-state index in [1.807, 2.05) is 17.4 Å². The first-order valence-electron chi connectivity index (χ1n) is 17.8. The smallest absolute Gasteiger partial charge is 0.136 e. The largest absolute Gasteiger partial charge is 0.456 e. The van der Waals surface area contributed by atoms with Gasteiger partial charge in [-0.2, -0.15) is 0 Å². The predicted molar refractivity (Wildman–Crippen MR) is 225 cm³/mol. The average molecular weight is 677 g/mol. The third-order valence-electron chi connectivity index (χ3n) is 11.2. The van der Waals surface area contributed by atoms with Crippen molar-refractivity contribution in [3.05, 3.63) is 170 Å². The maximum atomic E-state index is 6.33. The van der Waals surface area contributed by atoms with Gasteiger partial charge >= 0.3 is 0 Å². The Morgan fingerprint density at radius 1 is 0.308 bits per heavy atom. The number of hydrogen-bond donors (Lipinski definition) is 0. The molecule has 0 aliphatic carbocycles. The number of rotatable bonds is 2. The van der Waals surface area contributed by atoms with Crippen LogP contribution in [0.3, 0.4) is 0 Å². The Morgan fingerprint density at radius 3 is 1.75 bits per heavy atom. The Balaban J connectivity index is 1.05. The molecule has 2 heterocycles. The minimum absolute atomic E-state index is 0.929. The number of furan rings is 1. The number of benzene rings is 10. The fourth-order valence-corrected chi connectivity index (χ4v) is 9.92. The number of thiophene rings is 1. The van der Waals surface area contributed by atoms with Crippen molar-refractivity contribution in [3.63, 3.8) is 0 Å². The summed E-state index contributed by atoms with van der Waals surface area (Å²) in [6.07, 6.45) is 0. The fraction of sp³-hybridized carbons (Fsp3) is 0. The van der Waals surface area contributed by atoms with Crippen molar-refractivity contribution in [1.82, 2.24) is 0 Å². The first-order chi connectivity index (χ1) is 25.8. The first kappa shape index (κ1) is 28.2. The van der Waals surface area contributed by atoms with Crippen molar-refractivity contribution in [2.24, 2.45) is 0 Å². The van der Waals surface area contributed by atoms with Gasteiger partial charge in [0.25, 0.3) is 0 Å². The van der Waals surface area contributed by atoms with E-state index in [2.05, 4.69) is 164 Å². The molecule has 1 nitrogen and oxygen atoms in total. The summed E-state index contributed by atoms with van der Waals surface area (Å²) >= 11 is 1.88. The summed E-state index contributed by atoms with van der Waals surface area (Å²) in [5, 5.41) is 17.7. The summed E-state index contributed by atoms with van der Waals surface area (Å²) in [7, 11) is 0. The molecule has 0 N–H and O–H groups in total. The van der Waals surface area contributed by atoms with Crippen LogP contribution in [0.15, 0.2) is 174 Å². The lowest BCUT2D eigenvalue weighted by atomic mass is 9.90. The molecule has 0 radical (unpaired) electrons. The van der Waals surface area contributed by atoms with E-state index in [-0.39, 0.29) is 0 Å². The SMILES string of the molecule is c1ccc2c(c1)ccc1c(-c3ccc4sc5ccc(-c6ccc7c(c6)c6ccccc6c6c7ccc7oc8ccccc8c76)cc5c4c3)cccc12. The summed E-state index contributed by atoms with van der Waals surface area (Å²) in [5.41, 5.74) is 6.85. The summed E-state index contributed by atoms with van der Waals surface area (Å²) < 4.78 is 8.95. The van der Waals surface area contributed by atoms with E-state index in [4.69, 9.17) is 4.42 Å². The summed E-state index contributed by atoms with van der Waals surface area (Å²) in [4.78, 5) is 0. The van der Waals surface area contributed by atoms with Gasteiger partial charge in [0.15, 0.2) is 0 Å². The van der Waals surface area contributed by atoms with E-state index in [0.717, 1.165) is 16.6 Å². The second-order valence-electron chi connectivity index (χ2n) is 14.0. The van der Waals surface area contributed by atoms with Gasteiger partial charge in [-0.1, -0.05) is 121 Å². The molecule has 0 saturated carbocycles. The Bertz CT molecular complexity index is 3450. The molecular formula is C50H28OS. The zero-order valence-electron chi connectivity index (χ0n) is 28.0. The minimum atomic E-state index is 0.929. The molecule has 0 unspecified atom stereocenters. The van der Waals surface area contributed by atoms with Crippen LogP contribution >= 0.6 is 11.3 Å². The average Bonchev–Trinajstić information content (AvgIpc) is 3.78. The molecular weight excluding hydrogens is 649 g/mol. The van der Waals surface area contributed by atoms with Gasteiger partial charge in [0.1, 0.15) is 11.2 Å². The molecule has 10 aromatic carbocycles. The third kappa shape index (κ3) is 3.93. The van der Waals surface area contributed by atoms with Crippen LogP contribution in [-0.2, 0) is 0 Å². The lowest BCUT2D eigenvalue weighted by Crippen LogP contribution is -1.86. The molecule has 2 aromatic heterocycles. The highest BCUT2D eigenvalue weighted by molar-refractivity contribution is 7.25. The fourth-order valence-electron chi connectivity index (χ4n) is 8.85. The van der Waals surface area contributed by atoms with E-state index >= 15 is 0 Å². The molecule has 0 spiro atoms. The highest BCUT2D eigenvalue weighted by Crippen LogP contribution is 2.44. The van der Waals surface area contributed by atoms with E-state index in [1.165, 1.54) is 102 Å². The second-order valence-corrected chi connectivity index (χ2v) is 15.1. The molecule has 0 saturated heterocycles. The normalized spacial score (nSPS) is 12.2. The van der Waals surface area contributed by atoms with E-state index in [9.17, 15) is 0 Å². The molecule has 52 heavy (non-hydrogen) atoms. The van der Waals surface area contributed by atoms with E-state index in [0.29, 0.717) is 0 Å². The van der Waals surface area contributed by atoms with Crippen LogP contribution in [0.5, 0.6) is 0 Å². The summed E-state index contributed by atoms with van der Waals surface area (Å²) in [5.74, 6) is 0. The Morgan fingerprint density at radius 2 is 0.885 bits per heavy atom. The van der Waals surface area contributed by atoms with Crippen LogP contribution in [0, 0.1) is 0 Å². The molecule has 240 valence electrons. The van der Waals surface area contributed by atoms with Crippen LogP contribution < -0.4 is 0 Å². The lowest BCUT2D eigenvalue weighted by Gasteiger charge is -2.13. The van der Waals surface area contributed by atoms with Gasteiger partial charge in [-0.3, -0.25) is 0 Å². The van der Waals surface area contributed by atoms with Crippen LogP contribution in [0.4, 0.5) is 0 Å². The Hall–Kier alpha value is -6.48. The van der Waals surface area contributed by atoms with Gasteiger partial charge in [0.2, 0.25) is 0 Å².